The molecule has 0 radical (unpaired) electrons. The Labute approximate surface area is 320 Å². The van der Waals surface area contributed by atoms with Gasteiger partial charge in [0, 0.05) is 0 Å². The largest absolute Gasteiger partial charge is 0.393 e. The molecule has 4 aromatic rings. The zero-order valence-corrected chi connectivity index (χ0v) is 30.5. The van der Waals surface area contributed by atoms with E-state index in [1.165, 1.54) is 0 Å². The molecule has 12 nitrogen and oxygen atoms in total. The summed E-state index contributed by atoms with van der Waals surface area (Å²) in [5.41, 5.74) is 1.46. The first-order valence-corrected chi connectivity index (χ1v) is 18.4. The number of hydrogen-bond donors (Lipinski definition) is 7. The van der Waals surface area contributed by atoms with Gasteiger partial charge in [0.2, 0.25) is 0 Å². The summed E-state index contributed by atoms with van der Waals surface area (Å²) in [5, 5.41) is 58.3. The van der Waals surface area contributed by atoms with Crippen LogP contribution in [0.4, 0.5) is 0 Å². The molecule has 288 valence electrons. The maximum atomic E-state index is 11.0. The molecule has 1 saturated heterocycles. The summed E-state index contributed by atoms with van der Waals surface area (Å²) in [6.07, 6.45) is -9.28. The van der Waals surface area contributed by atoms with Crippen LogP contribution in [0.3, 0.4) is 0 Å². The van der Waals surface area contributed by atoms with E-state index in [-0.39, 0.29) is 31.5 Å². The number of ether oxygens (including phenoxy) is 5. The maximum absolute atomic E-state index is 11.0. The van der Waals surface area contributed by atoms with Crippen LogP contribution in [0.15, 0.2) is 121 Å². The van der Waals surface area contributed by atoms with Gasteiger partial charge in [0.1, 0.15) is 48.3 Å². The standard InChI is InChI=1S/C41H48N2O10S/c44-26-41(48)37(32(45)33(46)38(41)47)42-40(54)43-39-36(52-24-30-19-11-4-12-20-30)35(51-23-29-17-9-3-10-18-29)34(50-22-28-15-7-2-8-16-28)31(53-39)25-49-21-27-13-5-1-6-14-27/h1-20,31-39,44-48H,21-26H2,(H2,42,43,54)/t31-,32+,33+,34-,35+,36-,37+,38-,39+,41-/m1/s1. The predicted octanol–water partition coefficient (Wildman–Crippen LogP) is 2.34. The van der Waals surface area contributed by atoms with E-state index in [1.54, 1.807) is 0 Å². The van der Waals surface area contributed by atoms with Crippen molar-refractivity contribution >= 4 is 17.3 Å². The molecule has 4 aromatic carbocycles. The van der Waals surface area contributed by atoms with Gasteiger partial charge in [-0.3, -0.25) is 0 Å². The zero-order valence-electron chi connectivity index (χ0n) is 29.7. The quantitative estimate of drug-likeness (QED) is 0.0832. The molecule has 2 aliphatic rings. The normalized spacial score (nSPS) is 29.5. The minimum atomic E-state index is -2.30. The fourth-order valence-electron chi connectivity index (χ4n) is 6.78. The van der Waals surface area contributed by atoms with Crippen molar-refractivity contribution in [3.8, 4) is 0 Å². The van der Waals surface area contributed by atoms with Gasteiger partial charge < -0.3 is 59.9 Å². The summed E-state index contributed by atoms with van der Waals surface area (Å²) in [6.45, 7) is 0.126. The summed E-state index contributed by atoms with van der Waals surface area (Å²) < 4.78 is 33.0. The van der Waals surface area contributed by atoms with E-state index >= 15 is 0 Å². The molecule has 0 spiro atoms. The number of benzene rings is 4. The van der Waals surface area contributed by atoms with E-state index in [0.29, 0.717) is 6.61 Å². The molecule has 0 bridgehead atoms. The van der Waals surface area contributed by atoms with Crippen molar-refractivity contribution in [2.45, 2.75) is 87.0 Å². The molecule has 2 fully saturated rings. The average molecular weight is 761 g/mol. The molecular formula is C41H48N2O10S. The highest BCUT2D eigenvalue weighted by molar-refractivity contribution is 7.80. The molecule has 54 heavy (non-hydrogen) atoms. The SMILES string of the molecule is OC[C@]1(O)[C@H](O)[C@@H](O)[C@H](O)[C@@H]1NC(=S)N[C@H]1O[C@H](COCc2ccccc2)[C@@H](OCc2ccccc2)[C@H](OCc2ccccc2)[C@H]1OCc1ccccc1. The molecule has 0 unspecified atom stereocenters. The highest BCUT2D eigenvalue weighted by Crippen LogP contribution is 2.33. The van der Waals surface area contributed by atoms with Crippen LogP contribution in [0.25, 0.3) is 0 Å². The average Bonchev–Trinajstić information content (AvgIpc) is 3.36. The Morgan fingerprint density at radius 1 is 0.611 bits per heavy atom. The van der Waals surface area contributed by atoms with E-state index in [4.69, 9.17) is 35.9 Å². The van der Waals surface area contributed by atoms with Crippen LogP contribution in [0.2, 0.25) is 0 Å². The van der Waals surface area contributed by atoms with Crippen molar-refractivity contribution in [1.29, 1.82) is 0 Å². The van der Waals surface area contributed by atoms with Gasteiger partial charge in [-0.15, -0.1) is 0 Å². The number of aliphatic hydroxyl groups is 5. The second-order valence-electron chi connectivity index (χ2n) is 13.6. The van der Waals surface area contributed by atoms with Crippen LogP contribution in [-0.2, 0) is 50.1 Å². The summed E-state index contributed by atoms with van der Waals surface area (Å²) >= 11 is 5.67. The van der Waals surface area contributed by atoms with Crippen LogP contribution in [0.5, 0.6) is 0 Å². The third-order valence-corrected chi connectivity index (χ3v) is 10.00. The Hall–Kier alpha value is -3.83. The van der Waals surface area contributed by atoms with E-state index in [0.717, 1.165) is 22.3 Å². The first kappa shape index (κ1) is 39.9. The second kappa shape index (κ2) is 19.2. The number of aliphatic hydroxyl groups excluding tert-OH is 4. The van der Waals surface area contributed by atoms with Crippen LogP contribution in [0, 0.1) is 0 Å². The number of hydrogen-bond acceptors (Lipinski definition) is 11. The van der Waals surface area contributed by atoms with Gasteiger partial charge in [-0.25, -0.2) is 0 Å². The topological polar surface area (TPSA) is 171 Å². The van der Waals surface area contributed by atoms with Crippen LogP contribution >= 0.6 is 12.2 Å². The molecule has 1 aliphatic heterocycles. The van der Waals surface area contributed by atoms with Crippen molar-refractivity contribution in [3.63, 3.8) is 0 Å². The van der Waals surface area contributed by atoms with Crippen LogP contribution in [-0.4, -0.2) is 104 Å². The second-order valence-corrected chi connectivity index (χ2v) is 14.0. The molecule has 10 atom stereocenters. The summed E-state index contributed by atoms with van der Waals surface area (Å²) in [5.74, 6) is 0. The lowest BCUT2D eigenvalue weighted by Crippen LogP contribution is -2.67. The maximum Gasteiger partial charge on any atom is 0.168 e. The molecule has 7 N–H and O–H groups in total. The van der Waals surface area contributed by atoms with Gasteiger partial charge in [0.05, 0.1) is 45.7 Å². The summed E-state index contributed by atoms with van der Waals surface area (Å²) in [6, 6.07) is 37.4. The smallest absolute Gasteiger partial charge is 0.168 e. The van der Waals surface area contributed by atoms with Crippen molar-refractivity contribution in [1.82, 2.24) is 10.6 Å². The lowest BCUT2D eigenvalue weighted by Gasteiger charge is -2.46. The molecule has 13 heteroatoms. The van der Waals surface area contributed by atoms with E-state index in [2.05, 4.69) is 10.6 Å². The number of thiocarbonyl (C=S) groups is 1. The fourth-order valence-corrected chi connectivity index (χ4v) is 7.02. The van der Waals surface area contributed by atoms with Gasteiger partial charge >= 0.3 is 0 Å². The summed E-state index contributed by atoms with van der Waals surface area (Å²) in [4.78, 5) is 0. The van der Waals surface area contributed by atoms with Crippen molar-refractivity contribution < 1.29 is 49.2 Å². The van der Waals surface area contributed by atoms with Gasteiger partial charge in [-0.2, -0.15) is 0 Å². The van der Waals surface area contributed by atoms with E-state index in [9.17, 15) is 25.5 Å². The van der Waals surface area contributed by atoms with Crippen molar-refractivity contribution in [2.75, 3.05) is 13.2 Å². The molecular weight excluding hydrogens is 713 g/mol. The molecule has 1 saturated carbocycles. The summed E-state index contributed by atoms with van der Waals surface area (Å²) in [7, 11) is 0. The first-order valence-electron chi connectivity index (χ1n) is 17.9. The van der Waals surface area contributed by atoms with Crippen molar-refractivity contribution in [3.05, 3.63) is 144 Å². The molecule has 6 rings (SSSR count). The minimum absolute atomic E-state index is 0.104. The van der Waals surface area contributed by atoms with Crippen LogP contribution < -0.4 is 10.6 Å². The minimum Gasteiger partial charge on any atom is -0.393 e. The van der Waals surface area contributed by atoms with Gasteiger partial charge in [0.15, 0.2) is 11.3 Å². The van der Waals surface area contributed by atoms with E-state index in [1.807, 2.05) is 121 Å². The molecule has 1 heterocycles. The lowest BCUT2D eigenvalue weighted by atomic mass is 9.96. The number of nitrogens with one attached hydrogen (secondary N) is 2. The molecule has 1 aliphatic carbocycles. The third kappa shape index (κ3) is 9.88. The van der Waals surface area contributed by atoms with Gasteiger partial charge in [-0.1, -0.05) is 121 Å². The lowest BCUT2D eigenvalue weighted by molar-refractivity contribution is -0.275. The monoisotopic (exact) mass is 760 g/mol. The Morgan fingerprint density at radius 3 is 1.54 bits per heavy atom. The Kier molecular flexibility index (Phi) is 14.1. The first-order chi connectivity index (χ1) is 26.3. The highest BCUT2D eigenvalue weighted by Gasteiger charge is 2.59. The van der Waals surface area contributed by atoms with Gasteiger partial charge in [0.25, 0.3) is 0 Å². The Bertz CT molecular complexity index is 1710. The van der Waals surface area contributed by atoms with Crippen LogP contribution in [0.1, 0.15) is 22.3 Å². The Morgan fingerprint density at radius 2 is 1.06 bits per heavy atom. The van der Waals surface area contributed by atoms with E-state index < -0.39 is 67.2 Å². The number of rotatable bonds is 16. The molecule has 0 amide bonds. The Balaban J connectivity index is 1.31. The molecule has 0 aromatic heterocycles. The third-order valence-electron chi connectivity index (χ3n) is 9.76. The van der Waals surface area contributed by atoms with Crippen molar-refractivity contribution in [2.24, 2.45) is 0 Å². The highest BCUT2D eigenvalue weighted by atomic mass is 32.1. The van der Waals surface area contributed by atoms with Gasteiger partial charge in [-0.05, 0) is 34.5 Å². The fraction of sp³-hybridized carbons (Fsp3) is 0.390. The predicted molar refractivity (Wildman–Crippen MR) is 203 cm³/mol. The zero-order chi connectivity index (χ0) is 37.9.